The van der Waals surface area contributed by atoms with Crippen LogP contribution in [0.1, 0.15) is 37.8 Å². The summed E-state index contributed by atoms with van der Waals surface area (Å²) in [7, 11) is 0. The summed E-state index contributed by atoms with van der Waals surface area (Å²) in [5.74, 6) is 0. The number of hydrogen-bond donors (Lipinski definition) is 3. The maximum Gasteiger partial charge on any atom is 0.187 e. The molecule has 6 heteroatoms. The summed E-state index contributed by atoms with van der Waals surface area (Å²) in [6.07, 6.45) is 9.66. The number of hydrogen-bond acceptors (Lipinski definition) is 3. The number of H-pyrrole nitrogens is 1. The van der Waals surface area contributed by atoms with Crippen LogP contribution in [-0.4, -0.2) is 27.6 Å². The third-order valence-corrected chi connectivity index (χ3v) is 3.04. The third kappa shape index (κ3) is 4.14. The van der Waals surface area contributed by atoms with Gasteiger partial charge in [-0.2, -0.15) is 10.2 Å². The van der Waals surface area contributed by atoms with Gasteiger partial charge in [0.25, 0.3) is 0 Å². The summed E-state index contributed by atoms with van der Waals surface area (Å²) >= 11 is 5.17. The van der Waals surface area contributed by atoms with Gasteiger partial charge < -0.3 is 5.32 Å². The zero-order chi connectivity index (χ0) is 11.9. The zero-order valence-corrected chi connectivity index (χ0v) is 10.5. The van der Waals surface area contributed by atoms with E-state index < -0.39 is 0 Å². The van der Waals surface area contributed by atoms with Crippen LogP contribution in [0.4, 0.5) is 0 Å². The Bertz CT molecular complexity index is 367. The van der Waals surface area contributed by atoms with Crippen LogP contribution in [0.15, 0.2) is 17.4 Å². The SMILES string of the molecule is S=C(N/N=C/c1ccn[nH]1)NC1CCCCC1. The van der Waals surface area contributed by atoms with Crippen molar-refractivity contribution in [1.29, 1.82) is 0 Å². The van der Waals surface area contributed by atoms with Crippen molar-refractivity contribution in [1.82, 2.24) is 20.9 Å². The van der Waals surface area contributed by atoms with E-state index in [0.717, 1.165) is 5.69 Å². The highest BCUT2D eigenvalue weighted by atomic mass is 32.1. The van der Waals surface area contributed by atoms with E-state index in [0.29, 0.717) is 11.2 Å². The molecule has 0 spiro atoms. The fourth-order valence-corrected chi connectivity index (χ4v) is 2.18. The van der Waals surface area contributed by atoms with Crippen LogP contribution in [0.5, 0.6) is 0 Å². The van der Waals surface area contributed by atoms with Gasteiger partial charge in [0.05, 0.1) is 11.9 Å². The fraction of sp³-hybridized carbons (Fsp3) is 0.545. The average Bonchev–Trinajstić information content (AvgIpc) is 2.83. The Morgan fingerprint density at radius 2 is 2.29 bits per heavy atom. The van der Waals surface area contributed by atoms with Gasteiger partial charge in [-0.1, -0.05) is 19.3 Å². The van der Waals surface area contributed by atoms with Gasteiger partial charge in [0.1, 0.15) is 0 Å². The molecule has 2 rings (SSSR count). The minimum Gasteiger partial charge on any atom is -0.359 e. The van der Waals surface area contributed by atoms with Gasteiger partial charge in [0.15, 0.2) is 5.11 Å². The molecule has 0 radical (unpaired) electrons. The quantitative estimate of drug-likeness (QED) is 0.433. The summed E-state index contributed by atoms with van der Waals surface area (Å²) in [5, 5.41) is 14.5. The van der Waals surface area contributed by atoms with E-state index in [9.17, 15) is 0 Å². The topological polar surface area (TPSA) is 65.1 Å². The number of aromatic nitrogens is 2. The van der Waals surface area contributed by atoms with Crippen molar-refractivity contribution in [2.45, 2.75) is 38.1 Å². The Kier molecular flexibility index (Phi) is 4.49. The first-order valence-electron chi connectivity index (χ1n) is 5.93. The number of hydrazone groups is 1. The first kappa shape index (κ1) is 12.0. The van der Waals surface area contributed by atoms with Gasteiger partial charge in [-0.25, -0.2) is 0 Å². The molecular weight excluding hydrogens is 234 g/mol. The monoisotopic (exact) mass is 251 g/mol. The Morgan fingerprint density at radius 3 is 3.00 bits per heavy atom. The molecule has 1 aromatic heterocycles. The molecule has 0 atom stereocenters. The van der Waals surface area contributed by atoms with Gasteiger partial charge in [-0.15, -0.1) is 0 Å². The lowest BCUT2D eigenvalue weighted by Crippen LogP contribution is -2.40. The Labute approximate surface area is 106 Å². The lowest BCUT2D eigenvalue weighted by Gasteiger charge is -2.23. The van der Waals surface area contributed by atoms with E-state index in [-0.39, 0.29) is 0 Å². The maximum atomic E-state index is 5.17. The van der Waals surface area contributed by atoms with E-state index in [4.69, 9.17) is 12.2 Å². The molecule has 0 saturated heterocycles. The van der Waals surface area contributed by atoms with Crippen molar-refractivity contribution >= 4 is 23.5 Å². The van der Waals surface area contributed by atoms with E-state index in [2.05, 4.69) is 26.0 Å². The zero-order valence-electron chi connectivity index (χ0n) is 9.65. The Hall–Kier alpha value is -1.43. The van der Waals surface area contributed by atoms with E-state index in [1.165, 1.54) is 32.1 Å². The first-order valence-corrected chi connectivity index (χ1v) is 6.34. The minimum atomic E-state index is 0.506. The summed E-state index contributed by atoms with van der Waals surface area (Å²) in [4.78, 5) is 0. The molecule has 92 valence electrons. The van der Waals surface area contributed by atoms with Crippen LogP contribution in [0.2, 0.25) is 0 Å². The molecule has 17 heavy (non-hydrogen) atoms. The number of rotatable bonds is 3. The molecule has 5 nitrogen and oxygen atoms in total. The summed E-state index contributed by atoms with van der Waals surface area (Å²) in [5.41, 5.74) is 3.66. The molecule has 0 aliphatic heterocycles. The fourth-order valence-electron chi connectivity index (χ4n) is 1.96. The van der Waals surface area contributed by atoms with Crippen LogP contribution >= 0.6 is 12.2 Å². The van der Waals surface area contributed by atoms with Crippen LogP contribution in [-0.2, 0) is 0 Å². The highest BCUT2D eigenvalue weighted by Gasteiger charge is 2.13. The van der Waals surface area contributed by atoms with Crippen LogP contribution < -0.4 is 10.7 Å². The van der Waals surface area contributed by atoms with E-state index >= 15 is 0 Å². The van der Waals surface area contributed by atoms with Gasteiger partial charge in [0.2, 0.25) is 0 Å². The Balaban J connectivity index is 1.70. The lowest BCUT2D eigenvalue weighted by molar-refractivity contribution is 0.412. The number of nitrogens with one attached hydrogen (secondary N) is 3. The average molecular weight is 251 g/mol. The molecule has 0 unspecified atom stereocenters. The molecule has 0 aromatic carbocycles. The normalized spacial score (nSPS) is 17.2. The molecule has 1 saturated carbocycles. The molecule has 3 N–H and O–H groups in total. The van der Waals surface area contributed by atoms with Crippen molar-refractivity contribution < 1.29 is 0 Å². The van der Waals surface area contributed by atoms with E-state index in [1.807, 2.05) is 6.07 Å². The summed E-state index contributed by atoms with van der Waals surface area (Å²) in [6.45, 7) is 0. The lowest BCUT2D eigenvalue weighted by atomic mass is 9.96. The van der Waals surface area contributed by atoms with Gasteiger partial charge in [-0.05, 0) is 31.1 Å². The van der Waals surface area contributed by atoms with E-state index in [1.54, 1.807) is 12.4 Å². The van der Waals surface area contributed by atoms with Crippen molar-refractivity contribution in [3.63, 3.8) is 0 Å². The third-order valence-electron chi connectivity index (χ3n) is 2.83. The summed E-state index contributed by atoms with van der Waals surface area (Å²) < 4.78 is 0. The molecule has 1 aliphatic carbocycles. The smallest absolute Gasteiger partial charge is 0.187 e. The molecule has 0 amide bonds. The molecular formula is C11H17N5S. The van der Waals surface area contributed by atoms with Crippen molar-refractivity contribution in [3.8, 4) is 0 Å². The van der Waals surface area contributed by atoms with Crippen molar-refractivity contribution in [3.05, 3.63) is 18.0 Å². The second-order valence-electron chi connectivity index (χ2n) is 4.19. The number of nitrogens with zero attached hydrogens (tertiary/aromatic N) is 2. The second kappa shape index (κ2) is 6.34. The van der Waals surface area contributed by atoms with Crippen molar-refractivity contribution in [2.75, 3.05) is 0 Å². The van der Waals surface area contributed by atoms with Gasteiger partial charge in [-0.3, -0.25) is 10.5 Å². The highest BCUT2D eigenvalue weighted by molar-refractivity contribution is 7.80. The molecule has 0 bridgehead atoms. The van der Waals surface area contributed by atoms with Crippen LogP contribution in [0.25, 0.3) is 0 Å². The molecule has 1 heterocycles. The molecule has 1 aliphatic rings. The molecule has 1 aromatic rings. The maximum absolute atomic E-state index is 5.17. The standard InChI is InChI=1S/C11H17N5S/c17-11(14-9-4-2-1-3-5-9)16-13-8-10-6-7-12-15-10/h6-9H,1-5H2,(H,12,15)(H2,14,16,17)/b13-8+. The first-order chi connectivity index (χ1) is 8.34. The predicted octanol–water partition coefficient (Wildman–Crippen LogP) is 1.54. The van der Waals surface area contributed by atoms with Crippen LogP contribution in [0.3, 0.4) is 0 Å². The summed E-state index contributed by atoms with van der Waals surface area (Å²) in [6, 6.07) is 2.34. The minimum absolute atomic E-state index is 0.506. The van der Waals surface area contributed by atoms with Crippen LogP contribution in [0, 0.1) is 0 Å². The largest absolute Gasteiger partial charge is 0.359 e. The predicted molar refractivity (Wildman–Crippen MR) is 71.9 cm³/mol. The van der Waals surface area contributed by atoms with Crippen molar-refractivity contribution in [2.24, 2.45) is 5.10 Å². The number of aromatic amines is 1. The van der Waals surface area contributed by atoms with Gasteiger partial charge in [0, 0.05) is 12.2 Å². The highest BCUT2D eigenvalue weighted by Crippen LogP contribution is 2.17. The Morgan fingerprint density at radius 1 is 1.47 bits per heavy atom. The van der Waals surface area contributed by atoms with Gasteiger partial charge >= 0.3 is 0 Å². The molecule has 1 fully saturated rings. The number of thiocarbonyl (C=S) groups is 1. The second-order valence-corrected chi connectivity index (χ2v) is 4.60.